The minimum Gasteiger partial charge on any atom is -0.507 e. The first-order valence-corrected chi connectivity index (χ1v) is 5.35. The molecule has 0 unspecified atom stereocenters. The van der Waals surface area contributed by atoms with Crippen LogP contribution >= 0.6 is 0 Å². The Labute approximate surface area is 108 Å². The number of aromatic hydroxyl groups is 1. The number of nitrogens with zero attached hydrogens (tertiary/aromatic N) is 2. The molecule has 98 valence electrons. The quantitative estimate of drug-likeness (QED) is 0.766. The van der Waals surface area contributed by atoms with E-state index in [0.717, 1.165) is 6.20 Å². The average Bonchev–Trinajstić information content (AvgIpc) is 2.71. The van der Waals surface area contributed by atoms with E-state index in [0.29, 0.717) is 0 Å². The number of carbonyl (C=O) groups is 2. The molecule has 1 amide bonds. The van der Waals surface area contributed by atoms with Crippen molar-refractivity contribution < 1.29 is 19.8 Å². The Morgan fingerprint density at radius 1 is 1.26 bits per heavy atom. The summed E-state index contributed by atoms with van der Waals surface area (Å²) in [6, 6.07) is 5.98. The van der Waals surface area contributed by atoms with E-state index in [-0.39, 0.29) is 22.7 Å². The number of aromatic carboxylic acids is 1. The second kappa shape index (κ2) is 4.81. The van der Waals surface area contributed by atoms with E-state index in [1.807, 2.05) is 0 Å². The molecule has 1 heterocycles. The summed E-state index contributed by atoms with van der Waals surface area (Å²) in [5, 5.41) is 24.7. The summed E-state index contributed by atoms with van der Waals surface area (Å²) < 4.78 is 1.24. The van der Waals surface area contributed by atoms with Gasteiger partial charge in [-0.15, -0.1) is 0 Å². The van der Waals surface area contributed by atoms with Crippen LogP contribution in [0.2, 0.25) is 0 Å². The van der Waals surface area contributed by atoms with Gasteiger partial charge >= 0.3 is 5.97 Å². The van der Waals surface area contributed by atoms with Crippen molar-refractivity contribution in [2.24, 2.45) is 7.05 Å². The summed E-state index contributed by atoms with van der Waals surface area (Å²) in [5.74, 6) is -1.93. The highest BCUT2D eigenvalue weighted by molar-refractivity contribution is 6.08. The number of benzene rings is 1. The summed E-state index contributed by atoms with van der Waals surface area (Å²) in [7, 11) is 1.51. The molecular weight excluding hydrogens is 250 g/mol. The molecule has 3 N–H and O–H groups in total. The van der Waals surface area contributed by atoms with Crippen molar-refractivity contribution in [1.82, 2.24) is 9.78 Å². The molecule has 2 rings (SSSR count). The number of amides is 1. The van der Waals surface area contributed by atoms with Crippen LogP contribution in [-0.2, 0) is 7.05 Å². The van der Waals surface area contributed by atoms with Crippen LogP contribution in [0.25, 0.3) is 0 Å². The third-order valence-corrected chi connectivity index (χ3v) is 2.55. The van der Waals surface area contributed by atoms with Gasteiger partial charge in [0.15, 0.2) is 0 Å². The third kappa shape index (κ3) is 2.39. The number of carboxylic acids is 1. The van der Waals surface area contributed by atoms with Crippen molar-refractivity contribution in [2.45, 2.75) is 0 Å². The van der Waals surface area contributed by atoms with Crippen molar-refractivity contribution in [1.29, 1.82) is 0 Å². The number of carbonyl (C=O) groups excluding carboxylic acids is 1. The maximum Gasteiger partial charge on any atom is 0.341 e. The Morgan fingerprint density at radius 2 is 1.95 bits per heavy atom. The van der Waals surface area contributed by atoms with Gasteiger partial charge in [-0.1, -0.05) is 12.1 Å². The molecule has 0 aliphatic rings. The molecule has 1 aromatic heterocycles. The van der Waals surface area contributed by atoms with Gasteiger partial charge in [0.25, 0.3) is 5.91 Å². The van der Waals surface area contributed by atoms with Gasteiger partial charge in [0.1, 0.15) is 17.1 Å². The van der Waals surface area contributed by atoms with Crippen LogP contribution in [0.3, 0.4) is 0 Å². The normalized spacial score (nSPS) is 10.2. The number of hydrogen-bond acceptors (Lipinski definition) is 4. The van der Waals surface area contributed by atoms with Crippen LogP contribution in [0.15, 0.2) is 30.5 Å². The molecular formula is C12H11N3O4. The van der Waals surface area contributed by atoms with Crippen LogP contribution in [0.5, 0.6) is 5.75 Å². The molecule has 0 fully saturated rings. The Balaban J connectivity index is 2.32. The average molecular weight is 261 g/mol. The van der Waals surface area contributed by atoms with E-state index in [2.05, 4.69) is 10.4 Å². The lowest BCUT2D eigenvalue weighted by atomic mass is 10.2. The fourth-order valence-electron chi connectivity index (χ4n) is 1.58. The molecule has 7 heteroatoms. The number of para-hydroxylation sites is 1. The number of aromatic nitrogens is 2. The van der Waals surface area contributed by atoms with Gasteiger partial charge in [-0.3, -0.25) is 9.48 Å². The Hall–Kier alpha value is -2.83. The molecule has 0 radical (unpaired) electrons. The van der Waals surface area contributed by atoms with Crippen molar-refractivity contribution in [3.63, 3.8) is 0 Å². The first kappa shape index (κ1) is 12.6. The van der Waals surface area contributed by atoms with Crippen LogP contribution in [0.4, 0.5) is 5.82 Å². The van der Waals surface area contributed by atoms with E-state index in [1.165, 1.54) is 23.9 Å². The lowest BCUT2D eigenvalue weighted by Gasteiger charge is -2.07. The molecule has 0 saturated heterocycles. The summed E-state index contributed by atoms with van der Waals surface area (Å²) in [4.78, 5) is 22.9. The molecule has 1 aromatic carbocycles. The molecule has 0 aliphatic heterocycles. The van der Waals surface area contributed by atoms with Gasteiger partial charge in [-0.2, -0.15) is 5.10 Å². The summed E-state index contributed by atoms with van der Waals surface area (Å²) >= 11 is 0. The number of nitrogens with one attached hydrogen (secondary N) is 1. The molecule has 7 nitrogen and oxygen atoms in total. The molecule has 0 spiro atoms. The number of anilines is 1. The van der Waals surface area contributed by atoms with E-state index in [1.54, 1.807) is 12.1 Å². The molecule has 0 bridgehead atoms. The van der Waals surface area contributed by atoms with E-state index in [4.69, 9.17) is 5.11 Å². The number of phenols is 1. The predicted molar refractivity (Wildman–Crippen MR) is 66.2 cm³/mol. The lowest BCUT2D eigenvalue weighted by Crippen LogP contribution is -2.16. The zero-order valence-corrected chi connectivity index (χ0v) is 9.99. The number of rotatable bonds is 3. The second-order valence-electron chi connectivity index (χ2n) is 3.81. The van der Waals surface area contributed by atoms with Crippen LogP contribution in [0, 0.1) is 0 Å². The maximum absolute atomic E-state index is 12.0. The van der Waals surface area contributed by atoms with Gasteiger partial charge in [0.2, 0.25) is 0 Å². The number of aryl methyl sites for hydroxylation is 1. The highest BCUT2D eigenvalue weighted by Crippen LogP contribution is 2.19. The van der Waals surface area contributed by atoms with Crippen LogP contribution < -0.4 is 5.32 Å². The lowest BCUT2D eigenvalue weighted by molar-refractivity contribution is 0.0698. The predicted octanol–water partition coefficient (Wildman–Crippen LogP) is 1.08. The molecule has 0 atom stereocenters. The molecule has 0 saturated carbocycles. The van der Waals surface area contributed by atoms with E-state index >= 15 is 0 Å². The van der Waals surface area contributed by atoms with Crippen molar-refractivity contribution in [2.75, 3.05) is 5.32 Å². The second-order valence-corrected chi connectivity index (χ2v) is 3.81. The fourth-order valence-corrected chi connectivity index (χ4v) is 1.58. The van der Waals surface area contributed by atoms with Crippen molar-refractivity contribution in [3.05, 3.63) is 41.6 Å². The first-order chi connectivity index (χ1) is 9.00. The third-order valence-electron chi connectivity index (χ3n) is 2.55. The first-order valence-electron chi connectivity index (χ1n) is 5.35. The van der Waals surface area contributed by atoms with Crippen molar-refractivity contribution in [3.8, 4) is 5.75 Å². The SMILES string of the molecule is Cn1ncc(C(=O)O)c1NC(=O)c1ccccc1O. The Morgan fingerprint density at radius 3 is 2.58 bits per heavy atom. The number of hydrogen-bond donors (Lipinski definition) is 3. The number of phenolic OH excluding ortho intramolecular Hbond substituents is 1. The van der Waals surface area contributed by atoms with Gasteiger partial charge < -0.3 is 15.5 Å². The molecule has 19 heavy (non-hydrogen) atoms. The van der Waals surface area contributed by atoms with E-state index in [9.17, 15) is 14.7 Å². The zero-order chi connectivity index (χ0) is 14.0. The minimum absolute atomic E-state index is 0.0556. The number of carboxylic acid groups (broad SMARTS) is 1. The van der Waals surface area contributed by atoms with Gasteiger partial charge in [0.05, 0.1) is 11.8 Å². The molecule has 0 aliphatic carbocycles. The van der Waals surface area contributed by atoms with E-state index < -0.39 is 11.9 Å². The Kier molecular flexibility index (Phi) is 3.19. The largest absolute Gasteiger partial charge is 0.507 e. The standard InChI is InChI=1S/C12H11N3O4/c1-15-10(8(6-13-15)12(18)19)14-11(17)7-4-2-3-5-9(7)16/h2-6,16H,1H3,(H,14,17)(H,18,19). The summed E-state index contributed by atoms with van der Waals surface area (Å²) in [5.41, 5.74) is -0.0636. The monoisotopic (exact) mass is 261 g/mol. The topological polar surface area (TPSA) is 104 Å². The smallest absolute Gasteiger partial charge is 0.341 e. The fraction of sp³-hybridized carbons (Fsp3) is 0.0833. The van der Waals surface area contributed by atoms with Gasteiger partial charge in [-0.05, 0) is 12.1 Å². The zero-order valence-electron chi connectivity index (χ0n) is 9.99. The highest BCUT2D eigenvalue weighted by Gasteiger charge is 2.19. The van der Waals surface area contributed by atoms with Crippen LogP contribution in [-0.4, -0.2) is 31.9 Å². The van der Waals surface area contributed by atoms with Crippen LogP contribution in [0.1, 0.15) is 20.7 Å². The summed E-state index contributed by atoms with van der Waals surface area (Å²) in [6.45, 7) is 0. The minimum atomic E-state index is -1.19. The maximum atomic E-state index is 12.0. The Bertz CT molecular complexity index is 648. The highest BCUT2D eigenvalue weighted by atomic mass is 16.4. The van der Waals surface area contributed by atoms with Gasteiger partial charge in [0, 0.05) is 7.05 Å². The summed E-state index contributed by atoms with van der Waals surface area (Å²) in [6.07, 6.45) is 1.14. The van der Waals surface area contributed by atoms with Gasteiger partial charge in [-0.25, -0.2) is 4.79 Å². The molecule has 2 aromatic rings. The van der Waals surface area contributed by atoms with Crippen molar-refractivity contribution >= 4 is 17.7 Å².